The zero-order valence-electron chi connectivity index (χ0n) is 27.5. The monoisotopic (exact) mass is 724 g/mol. The van der Waals surface area contributed by atoms with Crippen molar-refractivity contribution in [1.29, 1.82) is 0 Å². The number of H-pyrrole nitrogens is 1. The predicted octanol–water partition coefficient (Wildman–Crippen LogP) is 6.89. The third-order valence-electron chi connectivity index (χ3n) is 9.25. The molecule has 2 N–H and O–H groups in total. The largest absolute Gasteiger partial charge is 0.493 e. The molecular formula is C37H40Cl2N3O6S+. The van der Waals surface area contributed by atoms with Crippen molar-refractivity contribution < 1.29 is 33.5 Å². The van der Waals surface area contributed by atoms with Crippen molar-refractivity contribution in [2.75, 3.05) is 33.9 Å². The Kier molecular flexibility index (Phi) is 11.7. The molecule has 3 fully saturated rings. The molecule has 258 valence electrons. The normalized spacial score (nSPS) is 19.6. The summed E-state index contributed by atoms with van der Waals surface area (Å²) < 4.78 is 23.1. The summed E-state index contributed by atoms with van der Waals surface area (Å²) in [6, 6.07) is 18.7. The average molecular weight is 726 g/mol. The van der Waals surface area contributed by atoms with Gasteiger partial charge in [0.25, 0.3) is 0 Å². The number of ether oxygens (including phenoxy) is 4. The molecule has 0 saturated carbocycles. The number of nitrogens with one attached hydrogen (secondary N) is 2. The van der Waals surface area contributed by atoms with Crippen molar-refractivity contribution >= 4 is 46.5 Å². The number of halogens is 2. The fourth-order valence-corrected chi connectivity index (χ4v) is 7.93. The van der Waals surface area contributed by atoms with Gasteiger partial charge in [0.15, 0.2) is 23.9 Å². The Hall–Kier alpha value is -3.67. The van der Waals surface area contributed by atoms with Gasteiger partial charge in [0, 0.05) is 36.0 Å². The van der Waals surface area contributed by atoms with E-state index >= 15 is 0 Å². The highest BCUT2D eigenvalue weighted by Crippen LogP contribution is 2.36. The Labute approximate surface area is 300 Å². The van der Waals surface area contributed by atoms with E-state index in [4.69, 9.17) is 42.1 Å². The van der Waals surface area contributed by atoms with Crippen molar-refractivity contribution in [2.45, 2.75) is 50.5 Å². The van der Waals surface area contributed by atoms with Gasteiger partial charge >= 0.3 is 11.9 Å². The number of benzene rings is 2. The summed E-state index contributed by atoms with van der Waals surface area (Å²) in [5, 5.41) is 4.39. The van der Waals surface area contributed by atoms with Crippen LogP contribution in [0.2, 0.25) is 10.0 Å². The number of hydrogen-bond acceptors (Lipinski definition) is 9. The van der Waals surface area contributed by atoms with Crippen LogP contribution in [0.5, 0.6) is 11.5 Å². The second kappa shape index (κ2) is 16.4. The first-order valence-electron chi connectivity index (χ1n) is 16.4. The summed E-state index contributed by atoms with van der Waals surface area (Å²) >= 11 is 14.3. The molecule has 0 radical (unpaired) electrons. The molecule has 1 unspecified atom stereocenters. The number of esters is 2. The minimum atomic E-state index is -0.724. The first-order valence-corrected chi connectivity index (χ1v) is 17.9. The van der Waals surface area contributed by atoms with Crippen LogP contribution in [-0.2, 0) is 27.2 Å². The minimum absolute atomic E-state index is 0.0348. The van der Waals surface area contributed by atoms with Gasteiger partial charge in [0.05, 0.1) is 20.6 Å². The zero-order chi connectivity index (χ0) is 34.3. The standard InChI is InChI=1S/C37H39Cl2N3O6S/c1-45-31-10-8-25(16-33(31)46-2)32(17-27-28(38)20-40-21-29(27)39)48-37(44)35-11-9-26(49-35)19-41-30(23-6-4-3-5-7-23)18-36(43)47-34-22-42-14-12-24(34)13-15-42/h3-11,16,20-21,24,30,32,34,41H,12-15,17-19,22H2,1-2H3/p+1/t30?,32-,34-/m0/s1. The molecular weight excluding hydrogens is 685 g/mol. The fraction of sp³-hybridized carbons (Fsp3) is 0.378. The molecule has 2 aromatic heterocycles. The summed E-state index contributed by atoms with van der Waals surface area (Å²) in [6.45, 7) is 3.46. The number of carbonyl (C=O) groups is 2. The lowest BCUT2D eigenvalue weighted by atomic mass is 9.86. The minimum Gasteiger partial charge on any atom is -0.493 e. The summed E-state index contributed by atoms with van der Waals surface area (Å²) in [6.07, 6.45) is 5.13. The number of hydrogen-bond donors (Lipinski definition) is 1. The highest BCUT2D eigenvalue weighted by Gasteiger charge is 2.37. The third kappa shape index (κ3) is 8.74. The SMILES string of the molecule is COc1ccc([C@H](Cc2c(Cl)c[nH+]cc2Cl)OC(=O)c2ccc(CNC(CC(=O)O[C@H]3CN4CCC3CC4)c3ccccc3)s2)cc1OC. The summed E-state index contributed by atoms with van der Waals surface area (Å²) in [5.41, 5.74) is 2.34. The molecule has 7 rings (SSSR count). The Bertz CT molecular complexity index is 1730. The summed E-state index contributed by atoms with van der Waals surface area (Å²) in [4.78, 5) is 33.4. The maximum absolute atomic E-state index is 13.6. The van der Waals surface area contributed by atoms with Gasteiger partial charge in [-0.3, -0.25) is 9.69 Å². The first-order chi connectivity index (χ1) is 23.8. The van der Waals surface area contributed by atoms with E-state index in [-0.39, 0.29) is 31.0 Å². The molecule has 2 aromatic carbocycles. The quantitative estimate of drug-likeness (QED) is 0.141. The molecule has 3 aliphatic heterocycles. The number of fused-ring (bicyclic) bond motifs is 3. The van der Waals surface area contributed by atoms with Gasteiger partial charge in [-0.05, 0) is 67.2 Å². The van der Waals surface area contributed by atoms with E-state index in [0.29, 0.717) is 50.0 Å². The second-order valence-corrected chi connectivity index (χ2v) is 14.3. The van der Waals surface area contributed by atoms with E-state index in [9.17, 15) is 9.59 Å². The molecule has 0 aliphatic carbocycles. The number of rotatable bonds is 14. The van der Waals surface area contributed by atoms with Crippen molar-refractivity contribution in [1.82, 2.24) is 10.2 Å². The average Bonchev–Trinajstić information content (AvgIpc) is 3.61. The van der Waals surface area contributed by atoms with Gasteiger partial charge in [-0.2, -0.15) is 0 Å². The first kappa shape index (κ1) is 35.2. The van der Waals surface area contributed by atoms with E-state index < -0.39 is 12.1 Å². The third-order valence-corrected chi connectivity index (χ3v) is 11.0. The maximum atomic E-state index is 13.6. The van der Waals surface area contributed by atoms with Crippen LogP contribution < -0.4 is 19.8 Å². The Morgan fingerprint density at radius 3 is 2.37 bits per heavy atom. The number of aromatic amines is 1. The maximum Gasteiger partial charge on any atom is 0.348 e. The lowest BCUT2D eigenvalue weighted by Crippen LogP contribution is -2.52. The number of carbonyl (C=O) groups excluding carboxylic acids is 2. The van der Waals surface area contributed by atoms with Crippen molar-refractivity contribution in [3.63, 3.8) is 0 Å². The van der Waals surface area contributed by atoms with Gasteiger partial charge in [0.2, 0.25) is 0 Å². The predicted molar refractivity (Wildman–Crippen MR) is 188 cm³/mol. The van der Waals surface area contributed by atoms with Crippen LogP contribution in [0.4, 0.5) is 0 Å². The molecule has 9 nitrogen and oxygen atoms in total. The Balaban J connectivity index is 1.14. The second-order valence-electron chi connectivity index (χ2n) is 12.3. The number of methoxy groups -OCH3 is 2. The zero-order valence-corrected chi connectivity index (χ0v) is 29.8. The Morgan fingerprint density at radius 2 is 1.69 bits per heavy atom. The number of aromatic nitrogens is 1. The van der Waals surface area contributed by atoms with Crippen LogP contribution in [0.15, 0.2) is 73.1 Å². The van der Waals surface area contributed by atoms with Crippen molar-refractivity contribution in [3.05, 3.63) is 110 Å². The lowest BCUT2D eigenvalue weighted by Gasteiger charge is -2.44. The van der Waals surface area contributed by atoms with E-state index in [2.05, 4.69) is 15.2 Å². The van der Waals surface area contributed by atoms with Crippen LogP contribution >= 0.6 is 34.5 Å². The van der Waals surface area contributed by atoms with Crippen molar-refractivity contribution in [2.24, 2.45) is 5.92 Å². The summed E-state index contributed by atoms with van der Waals surface area (Å²) in [5.74, 6) is 0.829. The molecule has 2 bridgehead atoms. The van der Waals surface area contributed by atoms with Crippen LogP contribution in [0.1, 0.15) is 62.6 Å². The van der Waals surface area contributed by atoms with Crippen LogP contribution in [0, 0.1) is 5.92 Å². The van der Waals surface area contributed by atoms with Gasteiger partial charge in [-0.25, -0.2) is 9.78 Å². The molecule has 5 heterocycles. The van der Waals surface area contributed by atoms with Gasteiger partial charge in [0.1, 0.15) is 27.1 Å². The van der Waals surface area contributed by atoms with E-state index in [1.807, 2.05) is 42.5 Å². The van der Waals surface area contributed by atoms with E-state index in [1.54, 1.807) is 44.8 Å². The van der Waals surface area contributed by atoms with Gasteiger partial charge in [-0.15, -0.1) is 11.3 Å². The van der Waals surface area contributed by atoms with Crippen LogP contribution in [0.25, 0.3) is 0 Å². The lowest BCUT2D eigenvalue weighted by molar-refractivity contribution is -0.377. The summed E-state index contributed by atoms with van der Waals surface area (Å²) in [7, 11) is 3.11. The van der Waals surface area contributed by atoms with Crippen molar-refractivity contribution in [3.8, 4) is 11.5 Å². The smallest absolute Gasteiger partial charge is 0.348 e. The fourth-order valence-electron chi connectivity index (χ4n) is 6.55. The Morgan fingerprint density at radius 1 is 0.959 bits per heavy atom. The molecule has 0 spiro atoms. The molecule has 0 amide bonds. The van der Waals surface area contributed by atoms with E-state index in [1.165, 1.54) is 11.3 Å². The molecule has 4 aromatic rings. The molecule has 49 heavy (non-hydrogen) atoms. The van der Waals surface area contributed by atoms with Crippen LogP contribution in [0.3, 0.4) is 0 Å². The number of piperidine rings is 3. The van der Waals surface area contributed by atoms with Crippen LogP contribution in [-0.4, -0.2) is 56.8 Å². The van der Waals surface area contributed by atoms with E-state index in [0.717, 1.165) is 42.9 Å². The molecule has 3 saturated heterocycles. The van der Waals surface area contributed by atoms with Gasteiger partial charge in [-0.1, -0.05) is 59.6 Å². The topological polar surface area (TPSA) is 100 Å². The number of nitrogens with zero attached hydrogens (tertiary/aromatic N) is 1. The molecule has 3 atom stereocenters. The molecule has 12 heteroatoms. The number of pyridine rings is 1. The van der Waals surface area contributed by atoms with Gasteiger partial charge < -0.3 is 24.3 Å². The number of thiophene rings is 1. The molecule has 3 aliphatic rings. The highest BCUT2D eigenvalue weighted by atomic mass is 35.5. The highest BCUT2D eigenvalue weighted by molar-refractivity contribution is 7.13.